The molecule has 8 nitrogen and oxygen atoms in total. The lowest BCUT2D eigenvalue weighted by atomic mass is 9.83. The van der Waals surface area contributed by atoms with Crippen molar-refractivity contribution in [3.8, 4) is 22.8 Å². The Morgan fingerprint density at radius 1 is 0.886 bits per heavy atom. The first kappa shape index (κ1) is 20.8. The van der Waals surface area contributed by atoms with Gasteiger partial charge in [-0.25, -0.2) is 14.6 Å². The molecule has 3 fully saturated rings. The third kappa shape index (κ3) is 3.56. The number of nitrogens with two attached hydrogens (primary N) is 1. The van der Waals surface area contributed by atoms with Gasteiger partial charge < -0.3 is 21.1 Å². The molecule has 2 saturated heterocycles. The summed E-state index contributed by atoms with van der Waals surface area (Å²) in [5.41, 5.74) is 9.02. The Hall–Kier alpha value is -3.49. The molecular formula is C27H29N7O. The summed E-state index contributed by atoms with van der Waals surface area (Å²) in [6.07, 6.45) is 3.80. The predicted octanol–water partition coefficient (Wildman–Crippen LogP) is 3.63. The SMILES string of the molecule is Nc1ncnc2c1c(-c1ccc(Oc3ccccc3)cc1)nn2[C@@H]1C[C@H]2CN[C@@H](C3CNC3)[C@@H]2C1. The summed E-state index contributed by atoms with van der Waals surface area (Å²) in [5.74, 6) is 4.21. The van der Waals surface area contributed by atoms with Gasteiger partial charge in [0.25, 0.3) is 0 Å². The Morgan fingerprint density at radius 2 is 1.69 bits per heavy atom. The molecule has 8 heteroatoms. The molecule has 2 aromatic carbocycles. The highest BCUT2D eigenvalue weighted by Crippen LogP contribution is 2.47. The van der Waals surface area contributed by atoms with Gasteiger partial charge in [0, 0.05) is 24.7 Å². The Bertz CT molecular complexity index is 1350. The van der Waals surface area contributed by atoms with Gasteiger partial charge in [-0.05, 0) is 73.5 Å². The van der Waals surface area contributed by atoms with Gasteiger partial charge in [-0.3, -0.25) is 0 Å². The highest BCUT2D eigenvalue weighted by Gasteiger charge is 2.48. The molecule has 35 heavy (non-hydrogen) atoms. The molecule has 4 atom stereocenters. The molecule has 0 amide bonds. The van der Waals surface area contributed by atoms with Crippen LogP contribution in [0.1, 0.15) is 18.9 Å². The normalized spacial score (nSPS) is 26.1. The van der Waals surface area contributed by atoms with Crippen molar-refractivity contribution in [1.29, 1.82) is 0 Å². The summed E-state index contributed by atoms with van der Waals surface area (Å²) in [7, 11) is 0. The molecule has 0 spiro atoms. The van der Waals surface area contributed by atoms with Crippen LogP contribution in [0, 0.1) is 17.8 Å². The van der Waals surface area contributed by atoms with Gasteiger partial charge in [0.1, 0.15) is 29.3 Å². The van der Waals surface area contributed by atoms with Gasteiger partial charge in [-0.1, -0.05) is 18.2 Å². The van der Waals surface area contributed by atoms with Crippen LogP contribution in [0.5, 0.6) is 11.5 Å². The van der Waals surface area contributed by atoms with Gasteiger partial charge in [0.05, 0.1) is 11.4 Å². The molecular weight excluding hydrogens is 438 g/mol. The lowest BCUT2D eigenvalue weighted by molar-refractivity contribution is 0.222. The monoisotopic (exact) mass is 467 g/mol. The molecule has 4 aromatic rings. The maximum absolute atomic E-state index is 6.37. The number of nitrogen functional groups attached to an aromatic ring is 1. The molecule has 2 aromatic heterocycles. The highest BCUT2D eigenvalue weighted by molar-refractivity contribution is 5.98. The second kappa shape index (κ2) is 8.32. The van der Waals surface area contributed by atoms with E-state index in [0.29, 0.717) is 29.7 Å². The van der Waals surface area contributed by atoms with Gasteiger partial charge in [0.15, 0.2) is 5.65 Å². The first-order valence-electron chi connectivity index (χ1n) is 12.5. The van der Waals surface area contributed by atoms with E-state index in [9.17, 15) is 0 Å². The van der Waals surface area contributed by atoms with Gasteiger partial charge >= 0.3 is 0 Å². The number of fused-ring (bicyclic) bond motifs is 2. The zero-order valence-electron chi connectivity index (χ0n) is 19.5. The molecule has 0 radical (unpaired) electrons. The van der Waals surface area contributed by atoms with Crippen LogP contribution in [0.25, 0.3) is 22.3 Å². The lowest BCUT2D eigenvalue weighted by Crippen LogP contribution is -2.53. The lowest BCUT2D eigenvalue weighted by Gasteiger charge is -2.35. The van der Waals surface area contributed by atoms with E-state index in [1.165, 1.54) is 0 Å². The summed E-state index contributed by atoms with van der Waals surface area (Å²) in [6, 6.07) is 18.7. The second-order valence-corrected chi connectivity index (χ2v) is 10.1. The molecule has 2 aliphatic heterocycles. The Labute approximate surface area is 203 Å². The van der Waals surface area contributed by atoms with E-state index in [2.05, 4.69) is 25.3 Å². The van der Waals surface area contributed by atoms with E-state index in [1.807, 2.05) is 54.6 Å². The van der Waals surface area contributed by atoms with Crippen molar-refractivity contribution in [3.05, 3.63) is 60.9 Å². The first-order chi connectivity index (χ1) is 17.2. The smallest absolute Gasteiger partial charge is 0.164 e. The minimum atomic E-state index is 0.328. The van der Waals surface area contributed by atoms with Crippen molar-refractivity contribution in [2.75, 3.05) is 25.4 Å². The van der Waals surface area contributed by atoms with E-state index in [4.69, 9.17) is 15.6 Å². The topological polar surface area (TPSA) is 103 Å². The van der Waals surface area contributed by atoms with Gasteiger partial charge in [0.2, 0.25) is 0 Å². The third-order valence-corrected chi connectivity index (χ3v) is 8.09. The Balaban J connectivity index is 1.20. The molecule has 1 saturated carbocycles. The minimum absolute atomic E-state index is 0.328. The average molecular weight is 468 g/mol. The van der Waals surface area contributed by atoms with Crippen LogP contribution in [0.2, 0.25) is 0 Å². The fourth-order valence-corrected chi connectivity index (χ4v) is 6.28. The molecule has 4 N–H and O–H groups in total. The number of anilines is 1. The van der Waals surface area contributed by atoms with Gasteiger partial charge in [-0.2, -0.15) is 5.10 Å². The van der Waals surface area contributed by atoms with Crippen LogP contribution >= 0.6 is 0 Å². The van der Waals surface area contributed by atoms with Crippen molar-refractivity contribution in [2.45, 2.75) is 24.9 Å². The number of aromatic nitrogens is 4. The predicted molar refractivity (Wildman–Crippen MR) is 135 cm³/mol. The van der Waals surface area contributed by atoms with Crippen molar-refractivity contribution in [3.63, 3.8) is 0 Å². The van der Waals surface area contributed by atoms with Crippen LogP contribution in [-0.4, -0.2) is 45.4 Å². The quantitative estimate of drug-likeness (QED) is 0.412. The van der Waals surface area contributed by atoms with Crippen LogP contribution in [-0.2, 0) is 0 Å². The Morgan fingerprint density at radius 3 is 2.46 bits per heavy atom. The van der Waals surface area contributed by atoms with E-state index < -0.39 is 0 Å². The number of hydrogen-bond donors (Lipinski definition) is 3. The Kier molecular flexibility index (Phi) is 4.96. The zero-order chi connectivity index (χ0) is 23.4. The third-order valence-electron chi connectivity index (χ3n) is 8.09. The number of hydrogen-bond acceptors (Lipinski definition) is 7. The number of nitrogens with one attached hydrogen (secondary N) is 2. The largest absolute Gasteiger partial charge is 0.457 e. The van der Waals surface area contributed by atoms with Crippen LogP contribution in [0.3, 0.4) is 0 Å². The standard InChI is InChI=1S/C27H29N7O/c28-26-23-25(16-6-8-21(9-7-16)35-20-4-2-1-3-5-20)33-34(27(23)32-15-31-26)19-10-17-14-30-24(22(17)11-19)18-12-29-13-18/h1-9,15,17-19,22,24,29-30H,10-14H2,(H2,28,31,32)/t17-,19+,22+,24-/m0/s1. The minimum Gasteiger partial charge on any atom is -0.457 e. The molecule has 1 aliphatic carbocycles. The van der Waals surface area contributed by atoms with Gasteiger partial charge in [-0.15, -0.1) is 0 Å². The number of ether oxygens (including phenoxy) is 1. The fourth-order valence-electron chi connectivity index (χ4n) is 6.28. The second-order valence-electron chi connectivity index (χ2n) is 10.1. The van der Waals surface area contributed by atoms with E-state index in [1.54, 1.807) is 6.33 Å². The summed E-state index contributed by atoms with van der Waals surface area (Å²) >= 11 is 0. The summed E-state index contributed by atoms with van der Waals surface area (Å²) < 4.78 is 8.10. The van der Waals surface area contributed by atoms with Crippen LogP contribution < -0.4 is 21.1 Å². The molecule has 178 valence electrons. The average Bonchev–Trinajstić information content (AvgIpc) is 3.53. The molecule has 0 unspecified atom stereocenters. The van der Waals surface area contributed by atoms with Crippen molar-refractivity contribution in [2.24, 2.45) is 17.8 Å². The summed E-state index contributed by atoms with van der Waals surface area (Å²) in [4.78, 5) is 8.93. The van der Waals surface area contributed by atoms with Crippen molar-refractivity contribution < 1.29 is 4.74 Å². The number of para-hydroxylation sites is 1. The highest BCUT2D eigenvalue weighted by atomic mass is 16.5. The molecule has 4 heterocycles. The van der Waals surface area contributed by atoms with Crippen LogP contribution in [0.15, 0.2) is 60.9 Å². The molecule has 0 bridgehead atoms. The van der Waals surface area contributed by atoms with Crippen molar-refractivity contribution >= 4 is 16.9 Å². The maximum atomic E-state index is 6.37. The van der Waals surface area contributed by atoms with E-state index >= 15 is 0 Å². The number of rotatable bonds is 5. The first-order valence-corrected chi connectivity index (χ1v) is 12.5. The zero-order valence-corrected chi connectivity index (χ0v) is 19.5. The summed E-state index contributed by atoms with van der Waals surface area (Å²) in [5, 5.41) is 13.2. The van der Waals surface area contributed by atoms with Crippen LogP contribution in [0.4, 0.5) is 5.82 Å². The van der Waals surface area contributed by atoms with Crippen molar-refractivity contribution in [1.82, 2.24) is 30.4 Å². The molecule has 3 aliphatic rings. The van der Waals surface area contributed by atoms with E-state index in [0.717, 1.165) is 72.2 Å². The fraction of sp³-hybridized carbons (Fsp3) is 0.370. The molecule has 7 rings (SSSR count). The number of nitrogens with zero attached hydrogens (tertiary/aromatic N) is 4. The summed E-state index contributed by atoms with van der Waals surface area (Å²) in [6.45, 7) is 3.37. The number of benzene rings is 2. The van der Waals surface area contributed by atoms with E-state index in [-0.39, 0.29) is 0 Å². The maximum Gasteiger partial charge on any atom is 0.164 e.